The molecule has 1 heterocycles. The number of carbonyl (C=O) groups excluding carboxylic acids is 1. The number of hydrogen-bond donors (Lipinski definition) is 2. The van der Waals surface area contributed by atoms with Crippen LogP contribution in [0.2, 0.25) is 0 Å². The molecule has 1 aliphatic heterocycles. The van der Waals surface area contributed by atoms with Crippen molar-refractivity contribution in [1.29, 1.82) is 0 Å². The molecule has 0 aromatic heterocycles. The lowest BCUT2D eigenvalue weighted by atomic mass is 9.97. The zero-order chi connectivity index (χ0) is 14.1. The van der Waals surface area contributed by atoms with Crippen LogP contribution in [0.4, 0.5) is 0 Å². The standard InChI is InChI=1S/C15H31N3O/c1-4-14(5-2)17-15(19)12-18-9-7-13(8-10-18)11-16-6-3/h13-14,16H,4-12H2,1-3H3,(H,17,19). The van der Waals surface area contributed by atoms with E-state index < -0.39 is 0 Å². The largest absolute Gasteiger partial charge is 0.352 e. The molecule has 1 fully saturated rings. The summed E-state index contributed by atoms with van der Waals surface area (Å²) in [6, 6.07) is 0.346. The van der Waals surface area contributed by atoms with Crippen LogP contribution in [0, 0.1) is 5.92 Å². The van der Waals surface area contributed by atoms with Gasteiger partial charge in [-0.1, -0.05) is 20.8 Å². The van der Waals surface area contributed by atoms with Gasteiger partial charge in [0.2, 0.25) is 5.91 Å². The number of amides is 1. The lowest BCUT2D eigenvalue weighted by Crippen LogP contribution is -2.45. The Kier molecular flexibility index (Phi) is 8.07. The van der Waals surface area contributed by atoms with Gasteiger partial charge in [-0.2, -0.15) is 0 Å². The zero-order valence-electron chi connectivity index (χ0n) is 12.9. The van der Waals surface area contributed by atoms with E-state index >= 15 is 0 Å². The Morgan fingerprint density at radius 1 is 1.21 bits per heavy atom. The van der Waals surface area contributed by atoms with E-state index in [4.69, 9.17) is 0 Å². The zero-order valence-corrected chi connectivity index (χ0v) is 12.9. The summed E-state index contributed by atoms with van der Waals surface area (Å²) < 4.78 is 0. The van der Waals surface area contributed by atoms with E-state index in [1.165, 1.54) is 12.8 Å². The van der Waals surface area contributed by atoms with Gasteiger partial charge >= 0.3 is 0 Å². The first-order chi connectivity index (χ1) is 9.19. The Labute approximate surface area is 118 Å². The van der Waals surface area contributed by atoms with Gasteiger partial charge in [-0.05, 0) is 57.8 Å². The Morgan fingerprint density at radius 3 is 2.37 bits per heavy atom. The molecule has 1 amide bonds. The molecule has 19 heavy (non-hydrogen) atoms. The Bertz CT molecular complexity index is 246. The minimum absolute atomic E-state index is 0.193. The number of likely N-dealkylation sites (tertiary alicyclic amines) is 1. The van der Waals surface area contributed by atoms with Crippen LogP contribution in [0.25, 0.3) is 0 Å². The fourth-order valence-electron chi connectivity index (χ4n) is 2.67. The molecular weight excluding hydrogens is 238 g/mol. The molecule has 2 N–H and O–H groups in total. The first-order valence-corrected chi connectivity index (χ1v) is 7.91. The number of rotatable bonds is 8. The van der Waals surface area contributed by atoms with Crippen LogP contribution in [0.5, 0.6) is 0 Å². The fraction of sp³-hybridized carbons (Fsp3) is 0.933. The summed E-state index contributed by atoms with van der Waals surface area (Å²) in [4.78, 5) is 14.2. The topological polar surface area (TPSA) is 44.4 Å². The molecule has 1 saturated heterocycles. The minimum atomic E-state index is 0.193. The first kappa shape index (κ1) is 16.4. The average molecular weight is 269 g/mol. The highest BCUT2D eigenvalue weighted by Gasteiger charge is 2.20. The second-order valence-electron chi connectivity index (χ2n) is 5.61. The SMILES string of the molecule is CCNCC1CCN(CC(=O)NC(CC)CC)CC1. The number of carbonyl (C=O) groups is 1. The van der Waals surface area contributed by atoms with Gasteiger partial charge in [0.25, 0.3) is 0 Å². The van der Waals surface area contributed by atoms with E-state index in [-0.39, 0.29) is 5.91 Å². The molecule has 0 unspecified atom stereocenters. The molecule has 0 aliphatic carbocycles. The fourth-order valence-corrected chi connectivity index (χ4v) is 2.67. The van der Waals surface area contributed by atoms with E-state index in [2.05, 4.69) is 36.3 Å². The van der Waals surface area contributed by atoms with Crippen LogP contribution in [0.1, 0.15) is 46.5 Å². The smallest absolute Gasteiger partial charge is 0.234 e. The van der Waals surface area contributed by atoms with E-state index in [1.54, 1.807) is 0 Å². The van der Waals surface area contributed by atoms with Gasteiger partial charge in [0, 0.05) is 6.04 Å². The summed E-state index contributed by atoms with van der Waals surface area (Å²) >= 11 is 0. The highest BCUT2D eigenvalue weighted by molar-refractivity contribution is 5.78. The molecular formula is C15H31N3O. The molecule has 1 aliphatic rings. The third-order valence-electron chi connectivity index (χ3n) is 4.11. The van der Waals surface area contributed by atoms with Crippen LogP contribution in [-0.2, 0) is 4.79 Å². The van der Waals surface area contributed by atoms with Gasteiger partial charge in [0.15, 0.2) is 0 Å². The van der Waals surface area contributed by atoms with E-state index in [0.717, 1.165) is 44.9 Å². The quantitative estimate of drug-likeness (QED) is 0.704. The van der Waals surface area contributed by atoms with Crippen molar-refractivity contribution >= 4 is 5.91 Å². The maximum atomic E-state index is 11.9. The molecule has 0 aromatic rings. The Balaban J connectivity index is 2.19. The molecule has 0 atom stereocenters. The van der Waals surface area contributed by atoms with Crippen molar-refractivity contribution in [3.8, 4) is 0 Å². The van der Waals surface area contributed by atoms with Crippen molar-refractivity contribution in [2.75, 3.05) is 32.7 Å². The van der Waals surface area contributed by atoms with Crippen molar-refractivity contribution in [3.63, 3.8) is 0 Å². The molecule has 1 rings (SSSR count). The van der Waals surface area contributed by atoms with Crippen LogP contribution in [0.3, 0.4) is 0 Å². The second kappa shape index (κ2) is 9.32. The van der Waals surface area contributed by atoms with Crippen LogP contribution >= 0.6 is 0 Å². The van der Waals surface area contributed by atoms with Gasteiger partial charge in [0.05, 0.1) is 6.54 Å². The Hall–Kier alpha value is -0.610. The van der Waals surface area contributed by atoms with Crippen molar-refractivity contribution < 1.29 is 4.79 Å². The van der Waals surface area contributed by atoms with Crippen molar-refractivity contribution in [3.05, 3.63) is 0 Å². The summed E-state index contributed by atoms with van der Waals surface area (Å²) in [5.41, 5.74) is 0. The van der Waals surface area contributed by atoms with E-state index in [9.17, 15) is 4.79 Å². The van der Waals surface area contributed by atoms with Crippen LogP contribution < -0.4 is 10.6 Å². The molecule has 0 spiro atoms. The maximum Gasteiger partial charge on any atom is 0.234 e. The lowest BCUT2D eigenvalue weighted by molar-refractivity contribution is -0.123. The monoisotopic (exact) mass is 269 g/mol. The normalized spacial score (nSPS) is 17.9. The number of hydrogen-bond acceptors (Lipinski definition) is 3. The van der Waals surface area contributed by atoms with E-state index in [0.29, 0.717) is 12.6 Å². The third-order valence-corrected chi connectivity index (χ3v) is 4.11. The van der Waals surface area contributed by atoms with Crippen LogP contribution in [-0.4, -0.2) is 49.6 Å². The third kappa shape index (κ3) is 6.39. The molecule has 0 aromatic carbocycles. The van der Waals surface area contributed by atoms with Crippen LogP contribution in [0.15, 0.2) is 0 Å². The molecule has 0 saturated carbocycles. The highest BCUT2D eigenvalue weighted by atomic mass is 16.2. The lowest BCUT2D eigenvalue weighted by Gasteiger charge is -2.31. The molecule has 4 nitrogen and oxygen atoms in total. The molecule has 112 valence electrons. The van der Waals surface area contributed by atoms with Crippen molar-refractivity contribution in [1.82, 2.24) is 15.5 Å². The average Bonchev–Trinajstić information content (AvgIpc) is 2.44. The highest BCUT2D eigenvalue weighted by Crippen LogP contribution is 2.15. The maximum absolute atomic E-state index is 11.9. The molecule has 0 radical (unpaired) electrons. The second-order valence-corrected chi connectivity index (χ2v) is 5.61. The summed E-state index contributed by atoms with van der Waals surface area (Å²) in [5.74, 6) is 0.983. The predicted octanol–water partition coefficient (Wildman–Crippen LogP) is 1.61. The summed E-state index contributed by atoms with van der Waals surface area (Å²) in [6.45, 7) is 11.3. The molecule has 4 heteroatoms. The number of nitrogens with zero attached hydrogens (tertiary/aromatic N) is 1. The van der Waals surface area contributed by atoms with Gasteiger partial charge < -0.3 is 10.6 Å². The summed E-state index contributed by atoms with van der Waals surface area (Å²) in [5, 5.41) is 6.53. The summed E-state index contributed by atoms with van der Waals surface area (Å²) in [7, 11) is 0. The molecule has 0 bridgehead atoms. The number of piperidine rings is 1. The Morgan fingerprint density at radius 2 is 1.84 bits per heavy atom. The van der Waals surface area contributed by atoms with Gasteiger partial charge in [-0.25, -0.2) is 0 Å². The van der Waals surface area contributed by atoms with Gasteiger partial charge in [0.1, 0.15) is 0 Å². The van der Waals surface area contributed by atoms with E-state index in [1.807, 2.05) is 0 Å². The van der Waals surface area contributed by atoms with Crippen molar-refractivity contribution in [2.45, 2.75) is 52.5 Å². The first-order valence-electron chi connectivity index (χ1n) is 7.91. The van der Waals surface area contributed by atoms with Crippen molar-refractivity contribution in [2.24, 2.45) is 5.92 Å². The predicted molar refractivity (Wildman–Crippen MR) is 80.2 cm³/mol. The number of nitrogens with one attached hydrogen (secondary N) is 2. The van der Waals surface area contributed by atoms with Gasteiger partial charge in [-0.15, -0.1) is 0 Å². The summed E-state index contributed by atoms with van der Waals surface area (Å²) in [6.07, 6.45) is 4.47. The van der Waals surface area contributed by atoms with Gasteiger partial charge in [-0.3, -0.25) is 9.69 Å². The minimum Gasteiger partial charge on any atom is -0.352 e.